The monoisotopic (exact) mass is 283 g/mol. The second-order valence-electron chi connectivity index (χ2n) is 4.87. The van der Waals surface area contributed by atoms with Gasteiger partial charge in [0.25, 0.3) is 0 Å². The second-order valence-corrected chi connectivity index (χ2v) is 4.87. The van der Waals surface area contributed by atoms with Gasteiger partial charge in [0.15, 0.2) is 0 Å². The van der Waals surface area contributed by atoms with Crippen LogP contribution in [0.2, 0.25) is 0 Å². The van der Waals surface area contributed by atoms with Gasteiger partial charge in [0, 0.05) is 18.0 Å². The Kier molecular flexibility index (Phi) is 3.17. The lowest BCUT2D eigenvalue weighted by Gasteiger charge is -2.08. The number of fused-ring (bicyclic) bond motifs is 1. The molecule has 5 nitrogen and oxygen atoms in total. The molecule has 2 heterocycles. The number of hydrogen-bond donors (Lipinski definition) is 1. The molecular formula is C16H17N3O2. The maximum absolute atomic E-state index is 5.94. The van der Waals surface area contributed by atoms with Gasteiger partial charge in [-0.15, -0.1) is 0 Å². The van der Waals surface area contributed by atoms with Gasteiger partial charge in [-0.1, -0.05) is 0 Å². The molecule has 3 rings (SSSR count). The largest absolute Gasteiger partial charge is 0.497 e. The standard InChI is InChI=1S/C16H17N3O2/c1-10-6-16-18-14(9-19(16)8-13(10)17)12-7-11(20-2)4-5-15(12)21-3/h4-9H,17H2,1-3H3. The number of nitrogen functional groups attached to an aromatic ring is 1. The molecule has 0 fully saturated rings. The van der Waals surface area contributed by atoms with E-state index in [4.69, 9.17) is 15.2 Å². The molecule has 3 aromatic rings. The van der Waals surface area contributed by atoms with Gasteiger partial charge in [-0.2, -0.15) is 0 Å². The molecule has 0 radical (unpaired) electrons. The van der Waals surface area contributed by atoms with Gasteiger partial charge in [-0.05, 0) is 36.8 Å². The zero-order valence-corrected chi connectivity index (χ0v) is 12.3. The molecule has 0 bridgehead atoms. The predicted octanol–water partition coefficient (Wildman–Crippen LogP) is 2.91. The molecule has 2 N–H and O–H groups in total. The molecule has 0 aliphatic carbocycles. The highest BCUT2D eigenvalue weighted by Gasteiger charge is 2.12. The van der Waals surface area contributed by atoms with Crippen LogP contribution >= 0.6 is 0 Å². The number of imidazole rings is 1. The number of nitrogens with zero attached hydrogens (tertiary/aromatic N) is 2. The molecule has 0 aliphatic rings. The van der Waals surface area contributed by atoms with E-state index in [2.05, 4.69) is 4.98 Å². The minimum atomic E-state index is 0.740. The van der Waals surface area contributed by atoms with Crippen molar-refractivity contribution in [2.45, 2.75) is 6.92 Å². The van der Waals surface area contributed by atoms with Crippen molar-refractivity contribution in [3.05, 3.63) is 42.2 Å². The van der Waals surface area contributed by atoms with E-state index < -0.39 is 0 Å². The number of nitrogens with two attached hydrogens (primary N) is 1. The van der Waals surface area contributed by atoms with Crippen molar-refractivity contribution in [3.63, 3.8) is 0 Å². The normalized spacial score (nSPS) is 10.8. The topological polar surface area (TPSA) is 61.8 Å². The molecule has 108 valence electrons. The third kappa shape index (κ3) is 2.27. The van der Waals surface area contributed by atoms with Crippen molar-refractivity contribution in [2.24, 2.45) is 0 Å². The van der Waals surface area contributed by atoms with Gasteiger partial charge < -0.3 is 19.6 Å². The van der Waals surface area contributed by atoms with Crippen LogP contribution in [0.25, 0.3) is 16.9 Å². The summed E-state index contributed by atoms with van der Waals surface area (Å²) in [4.78, 5) is 4.64. The van der Waals surface area contributed by atoms with Crippen LogP contribution in [0.3, 0.4) is 0 Å². The number of aromatic nitrogens is 2. The van der Waals surface area contributed by atoms with Crippen LogP contribution in [0.5, 0.6) is 11.5 Å². The number of anilines is 1. The average Bonchev–Trinajstić information content (AvgIpc) is 2.89. The molecule has 0 spiro atoms. The van der Waals surface area contributed by atoms with Gasteiger partial charge in [-0.3, -0.25) is 0 Å². The summed E-state index contributed by atoms with van der Waals surface area (Å²) in [7, 11) is 3.28. The summed E-state index contributed by atoms with van der Waals surface area (Å²) >= 11 is 0. The van der Waals surface area contributed by atoms with E-state index in [1.54, 1.807) is 14.2 Å². The minimum Gasteiger partial charge on any atom is -0.497 e. The second kappa shape index (κ2) is 5.01. The van der Waals surface area contributed by atoms with Crippen molar-refractivity contribution < 1.29 is 9.47 Å². The zero-order valence-electron chi connectivity index (χ0n) is 12.3. The summed E-state index contributed by atoms with van der Waals surface area (Å²) in [6.45, 7) is 1.97. The van der Waals surface area contributed by atoms with Crippen molar-refractivity contribution in [1.82, 2.24) is 9.38 Å². The summed E-state index contributed by atoms with van der Waals surface area (Å²) in [6, 6.07) is 7.61. The van der Waals surface area contributed by atoms with Gasteiger partial charge in [0.1, 0.15) is 17.1 Å². The first-order valence-corrected chi connectivity index (χ1v) is 6.59. The Morgan fingerprint density at radius 2 is 1.90 bits per heavy atom. The van der Waals surface area contributed by atoms with Gasteiger partial charge in [0.2, 0.25) is 0 Å². The van der Waals surface area contributed by atoms with Gasteiger partial charge in [-0.25, -0.2) is 4.98 Å². The van der Waals surface area contributed by atoms with Crippen molar-refractivity contribution >= 4 is 11.3 Å². The Morgan fingerprint density at radius 3 is 2.62 bits per heavy atom. The third-order valence-electron chi connectivity index (χ3n) is 3.52. The fourth-order valence-electron chi connectivity index (χ4n) is 2.29. The van der Waals surface area contributed by atoms with Crippen LogP contribution in [-0.4, -0.2) is 23.6 Å². The quantitative estimate of drug-likeness (QED) is 0.803. The van der Waals surface area contributed by atoms with Crippen LogP contribution < -0.4 is 15.2 Å². The van der Waals surface area contributed by atoms with Gasteiger partial charge >= 0.3 is 0 Å². The molecule has 0 saturated heterocycles. The maximum atomic E-state index is 5.94. The Balaban J connectivity index is 2.20. The predicted molar refractivity (Wildman–Crippen MR) is 82.9 cm³/mol. The summed E-state index contributed by atoms with van der Waals surface area (Å²) in [5, 5.41) is 0. The molecule has 1 aromatic carbocycles. The van der Waals surface area contributed by atoms with Crippen LogP contribution in [0.15, 0.2) is 36.7 Å². The summed E-state index contributed by atoms with van der Waals surface area (Å²) in [6.07, 6.45) is 3.80. The van der Waals surface area contributed by atoms with Crippen molar-refractivity contribution in [3.8, 4) is 22.8 Å². The van der Waals surface area contributed by atoms with Crippen LogP contribution in [-0.2, 0) is 0 Å². The highest BCUT2D eigenvalue weighted by molar-refractivity contribution is 5.71. The number of rotatable bonds is 3. The van der Waals surface area contributed by atoms with E-state index >= 15 is 0 Å². The lowest BCUT2D eigenvalue weighted by atomic mass is 10.1. The van der Waals surface area contributed by atoms with E-state index in [0.717, 1.165) is 39.7 Å². The third-order valence-corrected chi connectivity index (χ3v) is 3.52. The highest BCUT2D eigenvalue weighted by Crippen LogP contribution is 2.33. The van der Waals surface area contributed by atoms with E-state index in [1.807, 2.05) is 48.0 Å². The Bertz CT molecular complexity index is 770. The van der Waals surface area contributed by atoms with Crippen molar-refractivity contribution in [1.29, 1.82) is 0 Å². The number of ether oxygens (including phenoxy) is 2. The number of methoxy groups -OCH3 is 2. The Hall–Kier alpha value is -2.69. The van der Waals surface area contributed by atoms with Crippen molar-refractivity contribution in [2.75, 3.05) is 20.0 Å². The number of hydrogen-bond acceptors (Lipinski definition) is 4. The van der Waals surface area contributed by atoms with E-state index in [-0.39, 0.29) is 0 Å². The van der Waals surface area contributed by atoms with E-state index in [1.165, 1.54) is 0 Å². The Labute approximate surface area is 122 Å². The molecular weight excluding hydrogens is 266 g/mol. The molecule has 21 heavy (non-hydrogen) atoms. The number of aryl methyl sites for hydroxylation is 1. The molecule has 2 aromatic heterocycles. The fourth-order valence-corrected chi connectivity index (χ4v) is 2.29. The minimum absolute atomic E-state index is 0.740. The van der Waals surface area contributed by atoms with E-state index in [9.17, 15) is 0 Å². The number of pyridine rings is 1. The van der Waals surface area contributed by atoms with Crippen LogP contribution in [0.4, 0.5) is 5.69 Å². The highest BCUT2D eigenvalue weighted by atomic mass is 16.5. The first-order chi connectivity index (χ1) is 10.1. The summed E-state index contributed by atoms with van der Waals surface area (Å²) < 4.78 is 12.6. The van der Waals surface area contributed by atoms with E-state index in [0.29, 0.717) is 0 Å². The number of benzene rings is 1. The smallest absolute Gasteiger partial charge is 0.137 e. The molecule has 0 amide bonds. The first kappa shape index (κ1) is 13.3. The fraction of sp³-hybridized carbons (Fsp3) is 0.188. The first-order valence-electron chi connectivity index (χ1n) is 6.59. The average molecular weight is 283 g/mol. The molecule has 0 saturated carbocycles. The molecule has 5 heteroatoms. The Morgan fingerprint density at radius 1 is 1.10 bits per heavy atom. The molecule has 0 aliphatic heterocycles. The van der Waals surface area contributed by atoms with Gasteiger partial charge in [0.05, 0.1) is 25.6 Å². The zero-order chi connectivity index (χ0) is 15.0. The van der Waals surface area contributed by atoms with Crippen LogP contribution in [0, 0.1) is 6.92 Å². The summed E-state index contributed by atoms with van der Waals surface area (Å²) in [5.74, 6) is 1.52. The lowest BCUT2D eigenvalue weighted by molar-refractivity contribution is 0.404. The summed E-state index contributed by atoms with van der Waals surface area (Å²) in [5.41, 5.74) is 10.2. The lowest BCUT2D eigenvalue weighted by Crippen LogP contribution is -1.93. The maximum Gasteiger partial charge on any atom is 0.137 e. The SMILES string of the molecule is COc1ccc(OC)c(-c2cn3cc(N)c(C)cc3n2)c1. The molecule has 0 atom stereocenters. The van der Waals surface area contributed by atoms with Crippen LogP contribution in [0.1, 0.15) is 5.56 Å². The molecule has 0 unspecified atom stereocenters.